The minimum atomic E-state index is 0.359. The predicted molar refractivity (Wildman–Crippen MR) is 100 cm³/mol. The molecule has 4 aromatic rings. The minimum Gasteiger partial charge on any atom is -0.366 e. The fraction of sp³-hybridized carbons (Fsp3) is 0.263. The van der Waals surface area contributed by atoms with E-state index in [2.05, 4.69) is 52.5 Å². The Morgan fingerprint density at radius 2 is 1.92 bits per heavy atom. The maximum Gasteiger partial charge on any atom is 0.157 e. The minimum absolute atomic E-state index is 0.359. The summed E-state index contributed by atoms with van der Waals surface area (Å²) in [6.45, 7) is 6.98. The molecule has 0 aliphatic rings. The quantitative estimate of drug-likeness (QED) is 0.599. The topological polar surface area (TPSA) is 72.9 Å². The summed E-state index contributed by atoms with van der Waals surface area (Å²) in [6, 6.07) is 12.3. The van der Waals surface area contributed by atoms with Crippen molar-refractivity contribution in [2.75, 3.05) is 5.32 Å². The molecule has 7 nitrogen and oxygen atoms in total. The molecule has 0 unspecified atom stereocenters. The molecule has 26 heavy (non-hydrogen) atoms. The second kappa shape index (κ2) is 6.59. The number of fused-ring (bicyclic) bond motifs is 1. The van der Waals surface area contributed by atoms with Gasteiger partial charge in [0.1, 0.15) is 18.5 Å². The van der Waals surface area contributed by atoms with Crippen molar-refractivity contribution in [3.8, 4) is 5.69 Å². The number of benzene rings is 1. The third-order valence-corrected chi connectivity index (χ3v) is 4.25. The number of hydrogen-bond donors (Lipinski definition) is 1. The molecule has 0 spiro atoms. The summed E-state index contributed by atoms with van der Waals surface area (Å²) in [4.78, 5) is 8.67. The van der Waals surface area contributed by atoms with Crippen LogP contribution in [0.25, 0.3) is 11.3 Å². The van der Waals surface area contributed by atoms with Crippen molar-refractivity contribution in [3.63, 3.8) is 0 Å². The van der Waals surface area contributed by atoms with Gasteiger partial charge in [-0.05, 0) is 30.5 Å². The standard InChI is InChI=1S/C19H21N7/c1-13(2)17-9-18(26-19(23-17)8-14(3)24-26)21-10-15-4-6-16(7-5-15)25-12-20-11-22-25/h4-9,11-13,21H,10H2,1-3H3. The van der Waals surface area contributed by atoms with Crippen LogP contribution in [0.1, 0.15) is 36.7 Å². The van der Waals surface area contributed by atoms with Crippen LogP contribution in [-0.4, -0.2) is 29.4 Å². The predicted octanol–water partition coefficient (Wildman–Crippen LogP) is 3.35. The van der Waals surface area contributed by atoms with Gasteiger partial charge < -0.3 is 5.32 Å². The van der Waals surface area contributed by atoms with Crippen LogP contribution in [0.2, 0.25) is 0 Å². The van der Waals surface area contributed by atoms with Crippen molar-refractivity contribution in [2.24, 2.45) is 0 Å². The Morgan fingerprint density at radius 3 is 2.62 bits per heavy atom. The van der Waals surface area contributed by atoms with Gasteiger partial charge in [-0.1, -0.05) is 26.0 Å². The molecule has 1 aromatic carbocycles. The van der Waals surface area contributed by atoms with Crippen LogP contribution in [0.3, 0.4) is 0 Å². The molecule has 0 bridgehead atoms. The normalized spacial score (nSPS) is 11.4. The lowest BCUT2D eigenvalue weighted by Crippen LogP contribution is -2.08. The molecule has 0 atom stereocenters. The second-order valence-electron chi connectivity index (χ2n) is 6.64. The van der Waals surface area contributed by atoms with E-state index in [4.69, 9.17) is 4.98 Å². The lowest BCUT2D eigenvalue weighted by atomic mass is 10.1. The number of nitrogens with zero attached hydrogens (tertiary/aromatic N) is 6. The van der Waals surface area contributed by atoms with E-state index in [1.165, 1.54) is 11.9 Å². The van der Waals surface area contributed by atoms with E-state index in [0.717, 1.165) is 28.5 Å². The number of hydrogen-bond acceptors (Lipinski definition) is 5. The average Bonchev–Trinajstić information content (AvgIpc) is 3.28. The summed E-state index contributed by atoms with van der Waals surface area (Å²) in [6.07, 6.45) is 3.22. The average molecular weight is 347 g/mol. The summed E-state index contributed by atoms with van der Waals surface area (Å²) in [5.74, 6) is 1.31. The highest BCUT2D eigenvalue weighted by Crippen LogP contribution is 2.20. The lowest BCUT2D eigenvalue weighted by Gasteiger charge is -2.12. The summed E-state index contributed by atoms with van der Waals surface area (Å²) in [5.41, 5.74) is 5.05. The van der Waals surface area contributed by atoms with E-state index in [1.807, 2.05) is 29.6 Å². The first-order chi connectivity index (χ1) is 12.6. The zero-order valence-corrected chi connectivity index (χ0v) is 15.1. The molecule has 3 heterocycles. The summed E-state index contributed by atoms with van der Waals surface area (Å²) >= 11 is 0. The molecule has 4 rings (SSSR count). The first-order valence-corrected chi connectivity index (χ1v) is 8.65. The van der Waals surface area contributed by atoms with Gasteiger partial charge in [-0.2, -0.15) is 14.7 Å². The molecule has 0 aliphatic carbocycles. The van der Waals surface area contributed by atoms with E-state index >= 15 is 0 Å². The highest BCUT2D eigenvalue weighted by Gasteiger charge is 2.10. The maximum atomic E-state index is 4.70. The third kappa shape index (κ3) is 3.15. The Kier molecular flexibility index (Phi) is 4.12. The Morgan fingerprint density at radius 1 is 1.12 bits per heavy atom. The van der Waals surface area contributed by atoms with Crippen LogP contribution in [0.5, 0.6) is 0 Å². The van der Waals surface area contributed by atoms with Gasteiger partial charge >= 0.3 is 0 Å². The van der Waals surface area contributed by atoms with Gasteiger partial charge in [0.2, 0.25) is 0 Å². The Balaban J connectivity index is 1.57. The summed E-state index contributed by atoms with van der Waals surface area (Å²) < 4.78 is 3.61. The molecule has 0 saturated heterocycles. The van der Waals surface area contributed by atoms with Gasteiger partial charge in [0.25, 0.3) is 0 Å². The summed E-state index contributed by atoms with van der Waals surface area (Å²) in [7, 11) is 0. The fourth-order valence-corrected chi connectivity index (χ4v) is 2.83. The Hall–Kier alpha value is -3.22. The van der Waals surface area contributed by atoms with Crippen LogP contribution >= 0.6 is 0 Å². The number of aromatic nitrogens is 6. The molecular weight excluding hydrogens is 326 g/mol. The molecule has 0 radical (unpaired) electrons. The zero-order valence-electron chi connectivity index (χ0n) is 15.1. The van der Waals surface area contributed by atoms with Crippen molar-refractivity contribution in [2.45, 2.75) is 33.2 Å². The van der Waals surface area contributed by atoms with E-state index < -0.39 is 0 Å². The Labute approximate surface area is 151 Å². The van der Waals surface area contributed by atoms with Crippen LogP contribution in [0, 0.1) is 6.92 Å². The highest BCUT2D eigenvalue weighted by molar-refractivity contribution is 5.51. The van der Waals surface area contributed by atoms with E-state index in [-0.39, 0.29) is 0 Å². The number of aryl methyl sites for hydroxylation is 1. The molecule has 0 amide bonds. The van der Waals surface area contributed by atoms with Gasteiger partial charge in [0.05, 0.1) is 11.4 Å². The molecule has 132 valence electrons. The van der Waals surface area contributed by atoms with E-state index in [0.29, 0.717) is 12.5 Å². The number of anilines is 1. The number of rotatable bonds is 5. The SMILES string of the molecule is Cc1cc2nc(C(C)C)cc(NCc3ccc(-n4cncn4)cc3)n2n1. The maximum absolute atomic E-state index is 4.70. The zero-order chi connectivity index (χ0) is 18.1. The molecule has 0 saturated carbocycles. The smallest absolute Gasteiger partial charge is 0.157 e. The van der Waals surface area contributed by atoms with Crippen molar-refractivity contribution in [3.05, 3.63) is 66.0 Å². The second-order valence-corrected chi connectivity index (χ2v) is 6.64. The number of nitrogens with one attached hydrogen (secondary N) is 1. The first-order valence-electron chi connectivity index (χ1n) is 8.65. The summed E-state index contributed by atoms with van der Waals surface area (Å²) in [5, 5.41) is 12.2. The van der Waals surface area contributed by atoms with Crippen LogP contribution < -0.4 is 5.32 Å². The van der Waals surface area contributed by atoms with Crippen molar-refractivity contribution in [1.29, 1.82) is 0 Å². The third-order valence-electron chi connectivity index (χ3n) is 4.25. The van der Waals surface area contributed by atoms with E-state index in [1.54, 1.807) is 11.0 Å². The van der Waals surface area contributed by atoms with E-state index in [9.17, 15) is 0 Å². The molecular formula is C19H21N7. The van der Waals surface area contributed by atoms with Gasteiger partial charge in [0, 0.05) is 24.4 Å². The van der Waals surface area contributed by atoms with Crippen LogP contribution in [0.15, 0.2) is 49.1 Å². The Bertz CT molecular complexity index is 1010. The molecule has 1 N–H and O–H groups in total. The molecule has 0 fully saturated rings. The molecule has 0 aliphatic heterocycles. The van der Waals surface area contributed by atoms with Gasteiger partial charge in [-0.15, -0.1) is 0 Å². The van der Waals surface area contributed by atoms with Crippen LogP contribution in [0.4, 0.5) is 5.82 Å². The van der Waals surface area contributed by atoms with Crippen LogP contribution in [-0.2, 0) is 6.54 Å². The largest absolute Gasteiger partial charge is 0.366 e. The van der Waals surface area contributed by atoms with Crippen molar-refractivity contribution in [1.82, 2.24) is 29.4 Å². The molecule has 3 aromatic heterocycles. The fourth-order valence-electron chi connectivity index (χ4n) is 2.83. The van der Waals surface area contributed by atoms with Gasteiger partial charge in [-0.3, -0.25) is 0 Å². The monoisotopic (exact) mass is 347 g/mol. The molecule has 7 heteroatoms. The highest BCUT2D eigenvalue weighted by atomic mass is 15.3. The van der Waals surface area contributed by atoms with Gasteiger partial charge in [-0.25, -0.2) is 14.6 Å². The van der Waals surface area contributed by atoms with Crippen molar-refractivity contribution < 1.29 is 0 Å². The van der Waals surface area contributed by atoms with Crippen molar-refractivity contribution >= 4 is 11.5 Å². The lowest BCUT2D eigenvalue weighted by molar-refractivity contribution is 0.806. The van der Waals surface area contributed by atoms with Gasteiger partial charge in [0.15, 0.2) is 5.65 Å². The first kappa shape index (κ1) is 16.3.